The summed E-state index contributed by atoms with van der Waals surface area (Å²) in [5, 5.41) is 11.1. The van der Waals surface area contributed by atoms with Crippen LogP contribution in [0.1, 0.15) is 24.5 Å². The molecule has 0 saturated carbocycles. The van der Waals surface area contributed by atoms with Crippen LogP contribution in [-0.2, 0) is 6.18 Å². The van der Waals surface area contributed by atoms with Crippen molar-refractivity contribution in [3.63, 3.8) is 0 Å². The molecular weight excluding hydrogens is 286 g/mol. The first-order chi connectivity index (χ1) is 9.03. The molecule has 0 aliphatic carbocycles. The monoisotopic (exact) mass is 296 g/mol. The minimum absolute atomic E-state index is 0.0336. The van der Waals surface area contributed by atoms with Crippen LogP contribution >= 0.6 is 0 Å². The zero-order valence-electron chi connectivity index (χ0n) is 10.2. The Morgan fingerprint density at radius 1 is 1.20 bits per heavy atom. The molecular formula is C12H10F6N2. The highest BCUT2D eigenvalue weighted by molar-refractivity contribution is 5.54. The quantitative estimate of drug-likeness (QED) is 0.843. The zero-order chi connectivity index (χ0) is 15.6. The van der Waals surface area contributed by atoms with Crippen molar-refractivity contribution in [1.82, 2.24) is 0 Å². The molecule has 1 rings (SSSR count). The van der Waals surface area contributed by atoms with Crippen LogP contribution in [0.4, 0.5) is 32.0 Å². The number of nitrogens with one attached hydrogen (secondary N) is 1. The molecule has 0 saturated heterocycles. The van der Waals surface area contributed by atoms with Crippen molar-refractivity contribution in [2.24, 2.45) is 0 Å². The fourth-order valence-electron chi connectivity index (χ4n) is 1.66. The summed E-state index contributed by atoms with van der Waals surface area (Å²) in [6.45, 7) is 1.25. The average Bonchev–Trinajstić information content (AvgIpc) is 2.24. The Morgan fingerprint density at radius 2 is 1.80 bits per heavy atom. The van der Waals surface area contributed by atoms with Crippen molar-refractivity contribution in [3.05, 3.63) is 29.3 Å². The largest absolute Gasteiger partial charge is 0.417 e. The third-order valence-electron chi connectivity index (χ3n) is 2.40. The summed E-state index contributed by atoms with van der Waals surface area (Å²) in [5.41, 5.74) is -1.72. The van der Waals surface area contributed by atoms with E-state index in [1.165, 1.54) is 13.0 Å². The minimum Gasteiger partial charge on any atom is -0.382 e. The molecule has 8 heteroatoms. The van der Waals surface area contributed by atoms with E-state index in [9.17, 15) is 26.3 Å². The fraction of sp³-hybridized carbons (Fsp3) is 0.417. The SMILES string of the molecule is CC(CC(F)(F)F)Nc1ccc(C(F)(F)F)c(C#N)c1. The molecule has 1 aromatic carbocycles. The second-order valence-electron chi connectivity index (χ2n) is 4.23. The Balaban J connectivity index is 2.92. The molecule has 1 unspecified atom stereocenters. The van der Waals surface area contributed by atoms with Crippen LogP contribution in [0.25, 0.3) is 0 Å². The maximum absolute atomic E-state index is 12.5. The van der Waals surface area contributed by atoms with Gasteiger partial charge < -0.3 is 5.32 Å². The number of hydrogen-bond donors (Lipinski definition) is 1. The molecule has 1 atom stereocenters. The Hall–Kier alpha value is -1.91. The Bertz CT molecular complexity index is 512. The van der Waals surface area contributed by atoms with E-state index in [0.717, 1.165) is 12.1 Å². The lowest BCUT2D eigenvalue weighted by Crippen LogP contribution is -2.24. The lowest BCUT2D eigenvalue weighted by Gasteiger charge is -2.18. The number of anilines is 1. The maximum atomic E-state index is 12.5. The van der Waals surface area contributed by atoms with Crippen LogP contribution in [-0.4, -0.2) is 12.2 Å². The molecule has 0 aliphatic heterocycles. The summed E-state index contributed by atoms with van der Waals surface area (Å²) < 4.78 is 74.0. The highest BCUT2D eigenvalue weighted by Crippen LogP contribution is 2.33. The molecule has 2 nitrogen and oxygen atoms in total. The number of rotatable bonds is 3. The third-order valence-corrected chi connectivity index (χ3v) is 2.40. The van der Waals surface area contributed by atoms with E-state index < -0.39 is 35.9 Å². The normalized spacial score (nSPS) is 13.7. The molecule has 110 valence electrons. The predicted molar refractivity (Wildman–Crippen MR) is 59.9 cm³/mol. The molecule has 1 N–H and O–H groups in total. The molecule has 0 amide bonds. The summed E-state index contributed by atoms with van der Waals surface area (Å²) in [5.74, 6) is 0. The second kappa shape index (κ2) is 5.61. The maximum Gasteiger partial charge on any atom is 0.417 e. The summed E-state index contributed by atoms with van der Waals surface area (Å²) in [6.07, 6.45) is -10.2. The van der Waals surface area contributed by atoms with Crippen molar-refractivity contribution in [2.75, 3.05) is 5.32 Å². The standard InChI is InChI=1S/C12H10F6N2/c1-7(5-11(13,14)15)20-9-2-3-10(12(16,17)18)8(4-9)6-19/h2-4,7,20H,5H2,1H3. The second-order valence-corrected chi connectivity index (χ2v) is 4.23. The number of benzene rings is 1. The van der Waals surface area contributed by atoms with Gasteiger partial charge in [-0.15, -0.1) is 0 Å². The van der Waals surface area contributed by atoms with E-state index in [1.807, 2.05) is 0 Å². The van der Waals surface area contributed by atoms with Crippen LogP contribution in [0.5, 0.6) is 0 Å². The molecule has 1 aromatic rings. The van der Waals surface area contributed by atoms with Crippen molar-refractivity contribution in [2.45, 2.75) is 31.7 Å². The van der Waals surface area contributed by atoms with Gasteiger partial charge in [0.1, 0.15) is 0 Å². The highest BCUT2D eigenvalue weighted by Gasteiger charge is 2.34. The van der Waals surface area contributed by atoms with E-state index in [4.69, 9.17) is 5.26 Å². The van der Waals surface area contributed by atoms with Gasteiger partial charge in [-0.25, -0.2) is 0 Å². The lowest BCUT2D eigenvalue weighted by molar-refractivity contribution is -0.138. The van der Waals surface area contributed by atoms with Crippen LogP contribution in [0, 0.1) is 11.3 Å². The van der Waals surface area contributed by atoms with Crippen molar-refractivity contribution >= 4 is 5.69 Å². The topological polar surface area (TPSA) is 35.8 Å². The number of nitrogens with zero attached hydrogens (tertiary/aromatic N) is 1. The molecule has 20 heavy (non-hydrogen) atoms. The van der Waals surface area contributed by atoms with Crippen molar-refractivity contribution < 1.29 is 26.3 Å². The van der Waals surface area contributed by atoms with E-state index in [2.05, 4.69) is 5.32 Å². The third kappa shape index (κ3) is 4.64. The van der Waals surface area contributed by atoms with Crippen molar-refractivity contribution in [1.29, 1.82) is 5.26 Å². The van der Waals surface area contributed by atoms with Gasteiger partial charge in [0.15, 0.2) is 0 Å². The molecule has 0 aromatic heterocycles. The zero-order valence-corrected chi connectivity index (χ0v) is 10.2. The molecule has 0 fully saturated rings. The number of hydrogen-bond acceptors (Lipinski definition) is 2. The number of halogens is 6. The molecule has 0 spiro atoms. The molecule has 0 radical (unpaired) electrons. The average molecular weight is 296 g/mol. The van der Waals surface area contributed by atoms with Gasteiger partial charge >= 0.3 is 12.4 Å². The van der Waals surface area contributed by atoms with E-state index >= 15 is 0 Å². The summed E-state index contributed by atoms with van der Waals surface area (Å²) >= 11 is 0. The van der Waals surface area contributed by atoms with E-state index in [1.54, 1.807) is 0 Å². The Labute approximate surface area is 111 Å². The summed E-state index contributed by atoms with van der Waals surface area (Å²) in [6, 6.07) is 2.92. The van der Waals surface area contributed by atoms with Crippen LogP contribution < -0.4 is 5.32 Å². The first-order valence-electron chi connectivity index (χ1n) is 5.47. The van der Waals surface area contributed by atoms with E-state index in [0.29, 0.717) is 6.07 Å². The first-order valence-corrected chi connectivity index (χ1v) is 5.47. The van der Waals surface area contributed by atoms with Gasteiger partial charge in [0, 0.05) is 11.7 Å². The number of nitriles is 1. The van der Waals surface area contributed by atoms with Crippen LogP contribution in [0.3, 0.4) is 0 Å². The lowest BCUT2D eigenvalue weighted by atomic mass is 10.1. The van der Waals surface area contributed by atoms with E-state index in [-0.39, 0.29) is 5.69 Å². The molecule has 0 bridgehead atoms. The van der Waals surface area contributed by atoms with Crippen LogP contribution in [0.15, 0.2) is 18.2 Å². The van der Waals surface area contributed by atoms with Crippen molar-refractivity contribution in [3.8, 4) is 6.07 Å². The minimum atomic E-state index is -4.68. The van der Waals surface area contributed by atoms with Gasteiger partial charge in [0.25, 0.3) is 0 Å². The van der Waals surface area contributed by atoms with Gasteiger partial charge in [-0.05, 0) is 25.1 Å². The van der Waals surface area contributed by atoms with Gasteiger partial charge in [0.05, 0.1) is 23.6 Å². The molecule has 0 aliphatic rings. The Morgan fingerprint density at radius 3 is 2.25 bits per heavy atom. The van der Waals surface area contributed by atoms with Gasteiger partial charge in [-0.1, -0.05) is 0 Å². The van der Waals surface area contributed by atoms with Gasteiger partial charge in [0.2, 0.25) is 0 Å². The first kappa shape index (κ1) is 16.1. The van der Waals surface area contributed by atoms with Gasteiger partial charge in [-0.2, -0.15) is 31.6 Å². The summed E-state index contributed by atoms with van der Waals surface area (Å²) in [4.78, 5) is 0. The van der Waals surface area contributed by atoms with Crippen LogP contribution in [0.2, 0.25) is 0 Å². The highest BCUT2D eigenvalue weighted by atomic mass is 19.4. The number of alkyl halides is 6. The summed E-state index contributed by atoms with van der Waals surface area (Å²) in [7, 11) is 0. The Kier molecular flexibility index (Phi) is 4.53. The fourth-order valence-corrected chi connectivity index (χ4v) is 1.66. The van der Waals surface area contributed by atoms with Gasteiger partial charge in [-0.3, -0.25) is 0 Å². The molecule has 0 heterocycles. The smallest absolute Gasteiger partial charge is 0.382 e. The predicted octanol–water partition coefficient (Wildman–Crippen LogP) is 4.33.